The first-order chi connectivity index (χ1) is 13.4. The second-order valence-electron chi connectivity index (χ2n) is 7.00. The lowest BCUT2D eigenvalue weighted by Crippen LogP contribution is -2.44. The lowest BCUT2D eigenvalue weighted by atomic mass is 9.98. The van der Waals surface area contributed by atoms with Gasteiger partial charge >= 0.3 is 12.0 Å². The Morgan fingerprint density at radius 1 is 1.25 bits per heavy atom. The third-order valence-electron chi connectivity index (χ3n) is 4.94. The highest BCUT2D eigenvalue weighted by Gasteiger charge is 2.52. The van der Waals surface area contributed by atoms with E-state index in [2.05, 4.69) is 10.6 Å². The molecule has 2 fully saturated rings. The van der Waals surface area contributed by atoms with Gasteiger partial charge in [-0.3, -0.25) is 19.3 Å². The number of halogens is 1. The number of rotatable bonds is 7. The van der Waals surface area contributed by atoms with Crippen molar-refractivity contribution in [3.8, 4) is 0 Å². The lowest BCUT2D eigenvalue weighted by Gasteiger charge is -2.19. The summed E-state index contributed by atoms with van der Waals surface area (Å²) < 4.78 is 4.93. The van der Waals surface area contributed by atoms with E-state index >= 15 is 0 Å². The predicted molar refractivity (Wildman–Crippen MR) is 102 cm³/mol. The summed E-state index contributed by atoms with van der Waals surface area (Å²) in [5.74, 6) is -1.25. The molecule has 1 aromatic carbocycles. The van der Waals surface area contributed by atoms with Gasteiger partial charge in [-0.2, -0.15) is 0 Å². The van der Waals surface area contributed by atoms with Crippen LogP contribution in [0.4, 0.5) is 10.5 Å². The molecule has 1 aliphatic heterocycles. The number of carbonyl (C=O) groups is 4. The maximum Gasteiger partial charge on any atom is 0.325 e. The van der Waals surface area contributed by atoms with E-state index in [0.29, 0.717) is 23.6 Å². The van der Waals surface area contributed by atoms with E-state index in [-0.39, 0.29) is 25.3 Å². The molecule has 28 heavy (non-hydrogen) atoms. The Kier molecular flexibility index (Phi) is 6.18. The number of nitrogens with one attached hydrogen (secondary N) is 2. The minimum atomic E-state index is -0.740. The lowest BCUT2D eigenvalue weighted by molar-refractivity contribution is -0.147. The van der Waals surface area contributed by atoms with Crippen molar-refractivity contribution in [1.29, 1.82) is 0 Å². The fourth-order valence-corrected chi connectivity index (χ4v) is 3.75. The molecule has 1 heterocycles. The first kappa shape index (κ1) is 20.1. The van der Waals surface area contributed by atoms with Gasteiger partial charge in [0.15, 0.2) is 6.61 Å². The number of anilines is 1. The second kappa shape index (κ2) is 8.60. The van der Waals surface area contributed by atoms with E-state index in [9.17, 15) is 19.2 Å². The summed E-state index contributed by atoms with van der Waals surface area (Å²) in [6, 6.07) is 6.21. The molecular formula is C19H22ClN3O5. The van der Waals surface area contributed by atoms with Crippen molar-refractivity contribution in [3.63, 3.8) is 0 Å². The molecule has 0 bridgehead atoms. The van der Waals surface area contributed by atoms with E-state index in [1.165, 1.54) is 4.90 Å². The Hall–Kier alpha value is -2.61. The molecule has 2 N–H and O–H groups in total. The van der Waals surface area contributed by atoms with Gasteiger partial charge in [0, 0.05) is 23.7 Å². The van der Waals surface area contributed by atoms with Crippen molar-refractivity contribution >= 4 is 41.1 Å². The normalized spacial score (nSPS) is 17.7. The van der Waals surface area contributed by atoms with Crippen LogP contribution in [0.3, 0.4) is 0 Å². The molecule has 1 saturated carbocycles. The number of imide groups is 1. The van der Waals surface area contributed by atoms with E-state index in [1.807, 2.05) is 0 Å². The Morgan fingerprint density at radius 2 is 2.00 bits per heavy atom. The number of benzene rings is 1. The highest BCUT2D eigenvalue weighted by atomic mass is 35.5. The SMILES string of the molecule is O=C(COC(=O)CCCN1C(=O)NC2(CCCC2)C1=O)Nc1cccc(Cl)c1. The number of urea groups is 1. The summed E-state index contributed by atoms with van der Waals surface area (Å²) in [6.45, 7) is -0.270. The first-order valence-corrected chi connectivity index (χ1v) is 9.63. The van der Waals surface area contributed by atoms with Crippen molar-refractivity contribution in [2.45, 2.75) is 44.1 Å². The summed E-state index contributed by atoms with van der Waals surface area (Å²) in [7, 11) is 0. The topological polar surface area (TPSA) is 105 Å². The van der Waals surface area contributed by atoms with Crippen molar-refractivity contribution in [2.24, 2.45) is 0 Å². The minimum absolute atomic E-state index is 0.00844. The van der Waals surface area contributed by atoms with Crippen molar-refractivity contribution in [2.75, 3.05) is 18.5 Å². The number of amides is 4. The summed E-state index contributed by atoms with van der Waals surface area (Å²) >= 11 is 5.83. The molecule has 4 amide bonds. The van der Waals surface area contributed by atoms with E-state index in [4.69, 9.17) is 16.3 Å². The van der Waals surface area contributed by atoms with Crippen molar-refractivity contribution < 1.29 is 23.9 Å². The van der Waals surface area contributed by atoms with Crippen LogP contribution in [-0.2, 0) is 19.1 Å². The van der Waals surface area contributed by atoms with Gasteiger partial charge < -0.3 is 15.4 Å². The highest BCUT2D eigenvalue weighted by molar-refractivity contribution is 6.30. The molecule has 0 radical (unpaired) electrons. The summed E-state index contributed by atoms with van der Waals surface area (Å²) in [6.07, 6.45) is 3.46. The molecular weight excluding hydrogens is 386 g/mol. The van der Waals surface area contributed by atoms with Gasteiger partial charge in [0.2, 0.25) is 0 Å². The average Bonchev–Trinajstić information content (AvgIpc) is 3.20. The van der Waals surface area contributed by atoms with Crippen LogP contribution in [0.1, 0.15) is 38.5 Å². The zero-order valence-corrected chi connectivity index (χ0v) is 16.1. The van der Waals surface area contributed by atoms with E-state index in [0.717, 1.165) is 12.8 Å². The summed E-state index contributed by atoms with van der Waals surface area (Å²) in [5, 5.41) is 5.85. The van der Waals surface area contributed by atoms with Crippen LogP contribution in [0.25, 0.3) is 0 Å². The Bertz CT molecular complexity index is 792. The maximum atomic E-state index is 12.5. The third-order valence-corrected chi connectivity index (χ3v) is 5.17. The number of carbonyl (C=O) groups excluding carboxylic acids is 4. The number of esters is 1. The number of hydrogen-bond acceptors (Lipinski definition) is 5. The molecule has 1 saturated heterocycles. The summed E-state index contributed by atoms with van der Waals surface area (Å²) in [4.78, 5) is 49.3. The fraction of sp³-hybridized carbons (Fsp3) is 0.474. The van der Waals surface area contributed by atoms with Crippen LogP contribution >= 0.6 is 11.6 Å². The molecule has 0 aromatic heterocycles. The smallest absolute Gasteiger partial charge is 0.325 e. The van der Waals surface area contributed by atoms with Crippen molar-refractivity contribution in [3.05, 3.63) is 29.3 Å². The van der Waals surface area contributed by atoms with Crippen LogP contribution in [-0.4, -0.2) is 47.4 Å². The van der Waals surface area contributed by atoms with E-state index in [1.54, 1.807) is 24.3 Å². The molecule has 0 unspecified atom stereocenters. The Morgan fingerprint density at radius 3 is 2.71 bits per heavy atom. The van der Waals surface area contributed by atoms with Crippen LogP contribution < -0.4 is 10.6 Å². The number of hydrogen-bond donors (Lipinski definition) is 2. The molecule has 1 aliphatic carbocycles. The number of ether oxygens (including phenoxy) is 1. The molecule has 150 valence electrons. The van der Waals surface area contributed by atoms with Gasteiger partial charge in [-0.15, -0.1) is 0 Å². The third kappa shape index (κ3) is 4.62. The first-order valence-electron chi connectivity index (χ1n) is 9.25. The molecule has 3 rings (SSSR count). The largest absolute Gasteiger partial charge is 0.456 e. The van der Waals surface area contributed by atoms with Gasteiger partial charge in [0.25, 0.3) is 11.8 Å². The highest BCUT2D eigenvalue weighted by Crippen LogP contribution is 2.35. The standard InChI is InChI=1S/C19H22ClN3O5/c20-13-5-3-6-14(11-13)21-15(24)12-28-16(25)7-4-10-23-17(26)19(22-18(23)27)8-1-2-9-19/h3,5-6,11H,1-2,4,7-10,12H2,(H,21,24)(H,22,27). The molecule has 9 heteroatoms. The average molecular weight is 408 g/mol. The van der Waals surface area contributed by atoms with Crippen LogP contribution in [0.15, 0.2) is 24.3 Å². The van der Waals surface area contributed by atoms with Gasteiger partial charge in [0.1, 0.15) is 5.54 Å². The molecule has 1 aromatic rings. The quantitative estimate of drug-likeness (QED) is 0.533. The minimum Gasteiger partial charge on any atom is -0.456 e. The van der Waals surface area contributed by atoms with Crippen LogP contribution in [0.5, 0.6) is 0 Å². The van der Waals surface area contributed by atoms with Crippen molar-refractivity contribution in [1.82, 2.24) is 10.2 Å². The van der Waals surface area contributed by atoms with Crippen LogP contribution in [0.2, 0.25) is 5.02 Å². The second-order valence-corrected chi connectivity index (χ2v) is 7.44. The molecule has 1 spiro atoms. The van der Waals surface area contributed by atoms with Gasteiger partial charge in [-0.25, -0.2) is 4.79 Å². The zero-order valence-electron chi connectivity index (χ0n) is 15.3. The Balaban J connectivity index is 1.37. The van der Waals surface area contributed by atoms with Gasteiger partial charge in [-0.05, 0) is 37.5 Å². The zero-order chi connectivity index (χ0) is 20.1. The molecule has 0 atom stereocenters. The number of nitrogens with zero attached hydrogens (tertiary/aromatic N) is 1. The fourth-order valence-electron chi connectivity index (χ4n) is 3.56. The maximum absolute atomic E-state index is 12.5. The van der Waals surface area contributed by atoms with Gasteiger partial charge in [0.05, 0.1) is 0 Å². The summed E-state index contributed by atoms with van der Waals surface area (Å²) in [5.41, 5.74) is -0.233. The van der Waals surface area contributed by atoms with Crippen LogP contribution in [0, 0.1) is 0 Å². The van der Waals surface area contributed by atoms with Gasteiger partial charge in [-0.1, -0.05) is 30.5 Å². The Labute approximate surface area is 167 Å². The molecule has 8 nitrogen and oxygen atoms in total. The predicted octanol–water partition coefficient (Wildman–Crippen LogP) is 2.47. The molecule has 2 aliphatic rings. The monoisotopic (exact) mass is 407 g/mol. The van der Waals surface area contributed by atoms with E-state index < -0.39 is 30.1 Å².